The molecule has 0 fully saturated rings. The van der Waals surface area contributed by atoms with Crippen molar-refractivity contribution >= 4 is 21.6 Å². The van der Waals surface area contributed by atoms with Gasteiger partial charge in [0.25, 0.3) is 5.69 Å². The molecule has 0 aliphatic carbocycles. The lowest BCUT2D eigenvalue weighted by Gasteiger charge is -2.09. The first-order valence-corrected chi connectivity index (χ1v) is 6.01. The van der Waals surface area contributed by atoms with Gasteiger partial charge in [0.15, 0.2) is 11.5 Å². The molecule has 19 heavy (non-hydrogen) atoms. The third kappa shape index (κ3) is 3.19. The maximum absolute atomic E-state index is 10.7. The maximum Gasteiger partial charge on any atom is 0.273 e. The number of nitro benzene ring substituents is 1. The number of non-ortho nitro benzene ring substituents is 1. The van der Waals surface area contributed by atoms with Crippen LogP contribution in [0.1, 0.15) is 0 Å². The second kappa shape index (κ2) is 5.66. The van der Waals surface area contributed by atoms with E-state index in [0.717, 1.165) is 4.47 Å². The van der Waals surface area contributed by atoms with Gasteiger partial charge >= 0.3 is 0 Å². The zero-order valence-electron chi connectivity index (χ0n) is 9.87. The number of benzene rings is 1. The standard InChI is InChI=1S/C12H9BrN2O4/c1-18-11-6-9(15(16)17)3-4-10(11)19-12-5-2-8(13)7-14-12/h2-7H,1H3. The summed E-state index contributed by atoms with van der Waals surface area (Å²) < 4.78 is 11.4. The molecule has 0 aliphatic rings. The Morgan fingerprint density at radius 2 is 2.05 bits per heavy atom. The lowest BCUT2D eigenvalue weighted by atomic mass is 10.3. The SMILES string of the molecule is COc1cc([N+](=O)[O-])ccc1Oc1ccc(Br)cn1. The van der Waals surface area contributed by atoms with Crippen LogP contribution in [0.2, 0.25) is 0 Å². The predicted octanol–water partition coefficient (Wildman–Crippen LogP) is 3.55. The quantitative estimate of drug-likeness (QED) is 0.635. The molecule has 0 atom stereocenters. The van der Waals surface area contributed by atoms with E-state index in [4.69, 9.17) is 9.47 Å². The molecule has 2 rings (SSSR count). The van der Waals surface area contributed by atoms with Crippen molar-refractivity contribution in [3.8, 4) is 17.4 Å². The van der Waals surface area contributed by atoms with E-state index in [1.54, 1.807) is 18.3 Å². The number of nitrogens with zero attached hydrogens (tertiary/aromatic N) is 2. The molecule has 0 N–H and O–H groups in total. The zero-order chi connectivity index (χ0) is 13.8. The maximum atomic E-state index is 10.7. The largest absolute Gasteiger partial charge is 0.493 e. The summed E-state index contributed by atoms with van der Waals surface area (Å²) in [6, 6.07) is 7.57. The first-order chi connectivity index (χ1) is 9.10. The van der Waals surface area contributed by atoms with Crippen molar-refractivity contribution in [2.24, 2.45) is 0 Å². The number of methoxy groups -OCH3 is 1. The molecule has 0 amide bonds. The second-order valence-corrected chi connectivity index (χ2v) is 4.42. The van der Waals surface area contributed by atoms with Gasteiger partial charge in [-0.3, -0.25) is 10.1 Å². The molecule has 1 aromatic heterocycles. The minimum Gasteiger partial charge on any atom is -0.493 e. The van der Waals surface area contributed by atoms with Gasteiger partial charge in [-0.2, -0.15) is 0 Å². The van der Waals surface area contributed by atoms with E-state index in [2.05, 4.69) is 20.9 Å². The third-order valence-electron chi connectivity index (χ3n) is 2.27. The first-order valence-electron chi connectivity index (χ1n) is 5.22. The fourth-order valence-corrected chi connectivity index (χ4v) is 1.62. The molecule has 6 nitrogen and oxygen atoms in total. The Morgan fingerprint density at radius 1 is 1.26 bits per heavy atom. The van der Waals surface area contributed by atoms with E-state index in [1.165, 1.54) is 25.3 Å². The minimum atomic E-state index is -0.496. The van der Waals surface area contributed by atoms with E-state index in [-0.39, 0.29) is 11.4 Å². The average Bonchev–Trinajstić information content (AvgIpc) is 2.41. The molecule has 2 aromatic rings. The normalized spacial score (nSPS) is 10.0. The Bertz CT molecular complexity index is 601. The number of hydrogen-bond acceptors (Lipinski definition) is 5. The van der Waals surface area contributed by atoms with Crippen LogP contribution in [0.4, 0.5) is 5.69 Å². The zero-order valence-corrected chi connectivity index (χ0v) is 11.5. The van der Waals surface area contributed by atoms with Crippen LogP contribution in [0, 0.1) is 10.1 Å². The number of aromatic nitrogens is 1. The highest BCUT2D eigenvalue weighted by Crippen LogP contribution is 2.33. The Kier molecular flexibility index (Phi) is 3.96. The van der Waals surface area contributed by atoms with E-state index < -0.39 is 4.92 Å². The van der Waals surface area contributed by atoms with Crippen LogP contribution < -0.4 is 9.47 Å². The Balaban J connectivity index is 2.29. The van der Waals surface area contributed by atoms with E-state index >= 15 is 0 Å². The molecule has 1 aromatic carbocycles. The molecule has 0 aliphatic heterocycles. The second-order valence-electron chi connectivity index (χ2n) is 3.51. The molecule has 0 spiro atoms. The lowest BCUT2D eigenvalue weighted by molar-refractivity contribution is -0.384. The highest BCUT2D eigenvalue weighted by atomic mass is 79.9. The highest BCUT2D eigenvalue weighted by Gasteiger charge is 2.13. The van der Waals surface area contributed by atoms with Gasteiger partial charge in [-0.1, -0.05) is 0 Å². The van der Waals surface area contributed by atoms with Crippen molar-refractivity contribution in [3.05, 3.63) is 51.1 Å². The van der Waals surface area contributed by atoms with Crippen LogP contribution in [0.3, 0.4) is 0 Å². The van der Waals surface area contributed by atoms with Gasteiger partial charge < -0.3 is 9.47 Å². The molecule has 7 heteroatoms. The summed E-state index contributed by atoms with van der Waals surface area (Å²) in [7, 11) is 1.42. The minimum absolute atomic E-state index is 0.0621. The van der Waals surface area contributed by atoms with Gasteiger partial charge in [0, 0.05) is 22.8 Å². The summed E-state index contributed by atoms with van der Waals surface area (Å²) >= 11 is 3.27. The Labute approximate surface area is 117 Å². The van der Waals surface area contributed by atoms with Crippen LogP contribution >= 0.6 is 15.9 Å². The summed E-state index contributed by atoms with van der Waals surface area (Å²) in [5.74, 6) is 1.01. The summed E-state index contributed by atoms with van der Waals surface area (Å²) in [4.78, 5) is 14.2. The molecule has 0 unspecified atom stereocenters. The van der Waals surface area contributed by atoms with Gasteiger partial charge in [0.05, 0.1) is 18.1 Å². The number of rotatable bonds is 4. The van der Waals surface area contributed by atoms with E-state index in [0.29, 0.717) is 11.6 Å². The van der Waals surface area contributed by atoms with Crippen LogP contribution in [0.25, 0.3) is 0 Å². The number of pyridine rings is 1. The number of hydrogen-bond donors (Lipinski definition) is 0. The van der Waals surface area contributed by atoms with Crippen LogP contribution in [0.15, 0.2) is 41.0 Å². The molecule has 0 radical (unpaired) electrons. The smallest absolute Gasteiger partial charge is 0.273 e. The lowest BCUT2D eigenvalue weighted by Crippen LogP contribution is -1.94. The summed E-state index contributed by atoms with van der Waals surface area (Å²) in [6.07, 6.45) is 1.59. The van der Waals surface area contributed by atoms with E-state index in [1.807, 2.05) is 0 Å². The molecule has 0 saturated heterocycles. The van der Waals surface area contributed by atoms with Crippen molar-refractivity contribution in [2.45, 2.75) is 0 Å². The molecule has 0 bridgehead atoms. The van der Waals surface area contributed by atoms with Crippen molar-refractivity contribution in [3.63, 3.8) is 0 Å². The molecular weight excluding hydrogens is 316 g/mol. The highest BCUT2D eigenvalue weighted by molar-refractivity contribution is 9.10. The van der Waals surface area contributed by atoms with Crippen LogP contribution in [0.5, 0.6) is 17.4 Å². The van der Waals surface area contributed by atoms with Crippen molar-refractivity contribution in [2.75, 3.05) is 7.11 Å². The van der Waals surface area contributed by atoms with Gasteiger partial charge in [0.2, 0.25) is 5.88 Å². The van der Waals surface area contributed by atoms with Crippen molar-refractivity contribution in [1.82, 2.24) is 4.98 Å². The Morgan fingerprint density at radius 3 is 2.63 bits per heavy atom. The fraction of sp³-hybridized carbons (Fsp3) is 0.0833. The average molecular weight is 325 g/mol. The fourth-order valence-electron chi connectivity index (χ4n) is 1.39. The first kappa shape index (κ1) is 13.3. The third-order valence-corrected chi connectivity index (χ3v) is 2.74. The van der Waals surface area contributed by atoms with Gasteiger partial charge in [-0.15, -0.1) is 0 Å². The van der Waals surface area contributed by atoms with Crippen molar-refractivity contribution in [1.29, 1.82) is 0 Å². The number of halogens is 1. The summed E-state index contributed by atoms with van der Waals surface area (Å²) in [5, 5.41) is 10.7. The van der Waals surface area contributed by atoms with Gasteiger partial charge in [0.1, 0.15) is 0 Å². The topological polar surface area (TPSA) is 74.5 Å². The molecule has 0 saturated carbocycles. The van der Waals surface area contributed by atoms with Crippen LogP contribution in [-0.4, -0.2) is 17.0 Å². The number of ether oxygens (including phenoxy) is 2. The molecule has 98 valence electrons. The summed E-state index contributed by atoms with van der Waals surface area (Å²) in [6.45, 7) is 0. The summed E-state index contributed by atoms with van der Waals surface area (Å²) in [5.41, 5.74) is -0.0621. The number of nitro groups is 1. The molecule has 1 heterocycles. The predicted molar refractivity (Wildman–Crippen MR) is 71.7 cm³/mol. The van der Waals surface area contributed by atoms with Gasteiger partial charge in [-0.05, 0) is 28.1 Å². The van der Waals surface area contributed by atoms with E-state index in [9.17, 15) is 10.1 Å². The van der Waals surface area contributed by atoms with Crippen LogP contribution in [-0.2, 0) is 0 Å². The molecular formula is C12H9BrN2O4. The van der Waals surface area contributed by atoms with Crippen molar-refractivity contribution < 1.29 is 14.4 Å². The van der Waals surface area contributed by atoms with Gasteiger partial charge in [-0.25, -0.2) is 4.98 Å². The monoisotopic (exact) mass is 324 g/mol. The Hall–Kier alpha value is -2.15.